The summed E-state index contributed by atoms with van der Waals surface area (Å²) in [4.78, 5) is 24.5. The molecule has 0 fully saturated rings. The maximum absolute atomic E-state index is 12.5. The highest BCUT2D eigenvalue weighted by molar-refractivity contribution is 5.76. The molecule has 61 heavy (non-hydrogen) atoms. The van der Waals surface area contributed by atoms with Crippen LogP contribution in [0.3, 0.4) is 0 Å². The van der Waals surface area contributed by atoms with E-state index in [4.69, 9.17) is 4.74 Å². The predicted molar refractivity (Wildman–Crippen MR) is 264 cm³/mol. The summed E-state index contributed by atoms with van der Waals surface area (Å²) in [6.07, 6.45) is 59.3. The van der Waals surface area contributed by atoms with Crippen LogP contribution in [0.2, 0.25) is 0 Å². The smallest absolute Gasteiger partial charge is 0.305 e. The van der Waals surface area contributed by atoms with Crippen molar-refractivity contribution >= 4 is 11.9 Å². The molecule has 0 bridgehead atoms. The molecule has 0 spiro atoms. The monoisotopic (exact) mass is 862 g/mol. The fourth-order valence-electron chi connectivity index (χ4n) is 8.58. The third-order valence-electron chi connectivity index (χ3n) is 12.8. The van der Waals surface area contributed by atoms with Crippen molar-refractivity contribution in [3.05, 3.63) is 12.2 Å². The molecule has 0 saturated carbocycles. The Labute approximate surface area is 380 Å². The van der Waals surface area contributed by atoms with Crippen LogP contribution in [0, 0.1) is 0 Å². The lowest BCUT2D eigenvalue weighted by molar-refractivity contribution is -0.143. The van der Waals surface area contributed by atoms with Gasteiger partial charge in [-0.25, -0.2) is 0 Å². The molecule has 0 aliphatic carbocycles. The highest BCUT2D eigenvalue weighted by Crippen LogP contribution is 2.17. The van der Waals surface area contributed by atoms with E-state index in [1.807, 2.05) is 6.08 Å². The maximum atomic E-state index is 12.5. The second-order valence-corrected chi connectivity index (χ2v) is 18.9. The number of nitrogens with one attached hydrogen (secondary N) is 1. The number of ether oxygens (including phenoxy) is 1. The average Bonchev–Trinajstić information content (AvgIpc) is 3.26. The summed E-state index contributed by atoms with van der Waals surface area (Å²) in [6, 6.07) is -0.644. The lowest BCUT2D eigenvalue weighted by atomic mass is 10.0. The van der Waals surface area contributed by atoms with Gasteiger partial charge in [0.2, 0.25) is 5.91 Å². The van der Waals surface area contributed by atoms with Gasteiger partial charge < -0.3 is 20.3 Å². The van der Waals surface area contributed by atoms with Crippen molar-refractivity contribution in [2.75, 3.05) is 13.2 Å². The van der Waals surface area contributed by atoms with Crippen LogP contribution in [0.1, 0.15) is 303 Å². The number of amides is 1. The van der Waals surface area contributed by atoms with Gasteiger partial charge in [-0.3, -0.25) is 9.59 Å². The van der Waals surface area contributed by atoms with Crippen molar-refractivity contribution in [3.8, 4) is 0 Å². The van der Waals surface area contributed by atoms with Gasteiger partial charge in [-0.15, -0.1) is 0 Å². The molecule has 0 heterocycles. The van der Waals surface area contributed by atoms with Crippen LogP contribution in [0.15, 0.2) is 12.2 Å². The number of esters is 1. The zero-order valence-corrected chi connectivity index (χ0v) is 41.2. The van der Waals surface area contributed by atoms with E-state index in [9.17, 15) is 19.8 Å². The van der Waals surface area contributed by atoms with Gasteiger partial charge >= 0.3 is 5.97 Å². The van der Waals surface area contributed by atoms with E-state index in [1.165, 1.54) is 218 Å². The van der Waals surface area contributed by atoms with E-state index in [1.54, 1.807) is 6.08 Å². The molecule has 2 unspecified atom stereocenters. The Balaban J connectivity index is 3.50. The Bertz CT molecular complexity index is 909. The van der Waals surface area contributed by atoms with Gasteiger partial charge in [-0.2, -0.15) is 0 Å². The molecule has 1 amide bonds. The molecule has 0 aliphatic heterocycles. The van der Waals surface area contributed by atoms with Crippen LogP contribution >= 0.6 is 0 Å². The number of carbonyl (C=O) groups is 2. The predicted octanol–water partition coefficient (Wildman–Crippen LogP) is 16.5. The largest absolute Gasteiger partial charge is 0.466 e. The summed E-state index contributed by atoms with van der Waals surface area (Å²) >= 11 is 0. The van der Waals surface area contributed by atoms with Gasteiger partial charge in [0.15, 0.2) is 0 Å². The third kappa shape index (κ3) is 47.9. The zero-order valence-electron chi connectivity index (χ0n) is 41.2. The van der Waals surface area contributed by atoms with Crippen LogP contribution < -0.4 is 5.32 Å². The number of rotatable bonds is 51. The van der Waals surface area contributed by atoms with Crippen molar-refractivity contribution in [1.29, 1.82) is 0 Å². The van der Waals surface area contributed by atoms with Crippen molar-refractivity contribution in [3.63, 3.8) is 0 Å². The van der Waals surface area contributed by atoms with Gasteiger partial charge in [-0.05, 0) is 32.1 Å². The number of unbranched alkanes of at least 4 members (excludes halogenated alkanes) is 40. The van der Waals surface area contributed by atoms with Crippen molar-refractivity contribution in [1.82, 2.24) is 5.32 Å². The highest BCUT2D eigenvalue weighted by Gasteiger charge is 2.18. The van der Waals surface area contributed by atoms with Crippen LogP contribution in [0.4, 0.5) is 0 Å². The molecule has 6 nitrogen and oxygen atoms in total. The fourth-order valence-corrected chi connectivity index (χ4v) is 8.58. The Morgan fingerprint density at radius 2 is 0.754 bits per heavy atom. The average molecular weight is 862 g/mol. The van der Waals surface area contributed by atoms with E-state index >= 15 is 0 Å². The molecule has 0 aromatic heterocycles. The molecule has 6 heteroatoms. The first-order valence-electron chi connectivity index (χ1n) is 27.5. The molecule has 0 aromatic carbocycles. The summed E-state index contributed by atoms with van der Waals surface area (Å²) in [5.74, 6) is -0.105. The van der Waals surface area contributed by atoms with Gasteiger partial charge in [-0.1, -0.05) is 270 Å². The number of hydrogen-bond donors (Lipinski definition) is 3. The van der Waals surface area contributed by atoms with Crippen LogP contribution in [-0.2, 0) is 14.3 Å². The summed E-state index contributed by atoms with van der Waals surface area (Å²) in [7, 11) is 0. The molecule has 362 valence electrons. The zero-order chi connectivity index (χ0) is 44.4. The van der Waals surface area contributed by atoms with E-state index in [0.29, 0.717) is 19.4 Å². The first-order chi connectivity index (χ1) is 30.0. The minimum atomic E-state index is -0.858. The number of allylic oxidation sites excluding steroid dienone is 1. The molecular formula is C55H107NO5. The van der Waals surface area contributed by atoms with Crippen molar-refractivity contribution in [2.45, 2.75) is 315 Å². The molecule has 0 saturated heterocycles. The van der Waals surface area contributed by atoms with E-state index in [0.717, 1.165) is 57.8 Å². The van der Waals surface area contributed by atoms with Crippen LogP contribution in [-0.4, -0.2) is 47.4 Å². The quantitative estimate of drug-likeness (QED) is 0.0322. The molecule has 0 aliphatic rings. The first kappa shape index (κ1) is 59.6. The first-order valence-corrected chi connectivity index (χ1v) is 27.5. The Morgan fingerprint density at radius 3 is 1.11 bits per heavy atom. The Morgan fingerprint density at radius 1 is 0.443 bits per heavy atom. The van der Waals surface area contributed by atoms with Gasteiger partial charge in [0.1, 0.15) is 0 Å². The Kier molecular flexibility index (Phi) is 50.1. The standard InChI is InChI=1S/C55H107NO5/c1-3-5-7-9-11-13-15-17-19-20-21-22-23-24-25-27-31-35-39-43-47-53(58)52(51-57)56-54(59)48-44-40-36-32-29-30-34-38-42-46-50-61-55(60)49-45-41-37-33-28-26-18-16-14-12-10-8-6-4-2/h43,47,52-53,57-58H,3-42,44-46,48-51H2,1-2H3,(H,56,59)/b47-43+. The van der Waals surface area contributed by atoms with E-state index in [-0.39, 0.29) is 18.5 Å². The van der Waals surface area contributed by atoms with Gasteiger partial charge in [0.25, 0.3) is 0 Å². The molecule has 3 N–H and O–H groups in total. The number of carbonyl (C=O) groups excluding carboxylic acids is 2. The molecule has 2 atom stereocenters. The van der Waals surface area contributed by atoms with Crippen molar-refractivity contribution in [2.24, 2.45) is 0 Å². The second kappa shape index (κ2) is 51.2. The van der Waals surface area contributed by atoms with E-state index < -0.39 is 12.1 Å². The van der Waals surface area contributed by atoms with Crippen LogP contribution in [0.25, 0.3) is 0 Å². The molecule has 0 rings (SSSR count). The third-order valence-corrected chi connectivity index (χ3v) is 12.8. The normalized spacial score (nSPS) is 12.7. The molecule has 0 aromatic rings. The highest BCUT2D eigenvalue weighted by atomic mass is 16.5. The Hall–Kier alpha value is -1.40. The number of hydrogen-bond acceptors (Lipinski definition) is 5. The fraction of sp³-hybridized carbons (Fsp3) is 0.927. The van der Waals surface area contributed by atoms with Gasteiger partial charge in [0.05, 0.1) is 25.4 Å². The molecule has 0 radical (unpaired) electrons. The topological polar surface area (TPSA) is 95.9 Å². The van der Waals surface area contributed by atoms with Gasteiger partial charge in [0, 0.05) is 12.8 Å². The number of aliphatic hydroxyl groups is 2. The minimum absolute atomic E-state index is 0.0179. The maximum Gasteiger partial charge on any atom is 0.305 e. The van der Waals surface area contributed by atoms with Crippen LogP contribution in [0.5, 0.6) is 0 Å². The minimum Gasteiger partial charge on any atom is -0.466 e. The van der Waals surface area contributed by atoms with Crippen molar-refractivity contribution < 1.29 is 24.5 Å². The molecular weight excluding hydrogens is 755 g/mol. The summed E-state index contributed by atoms with van der Waals surface area (Å²) in [5, 5.41) is 23.1. The summed E-state index contributed by atoms with van der Waals surface area (Å²) < 4.78 is 5.46. The lowest BCUT2D eigenvalue weighted by Crippen LogP contribution is -2.45. The number of aliphatic hydroxyl groups excluding tert-OH is 2. The second-order valence-electron chi connectivity index (χ2n) is 18.9. The summed E-state index contributed by atoms with van der Waals surface area (Å²) in [6.45, 7) is 4.87. The SMILES string of the molecule is CCCCCCCCCCCCCCCCCCCC/C=C/C(O)C(CO)NC(=O)CCCCCCCCCCCCOC(=O)CCCCCCCCCCCCCCCC. The van der Waals surface area contributed by atoms with E-state index in [2.05, 4.69) is 19.2 Å². The lowest BCUT2D eigenvalue weighted by Gasteiger charge is -2.20. The summed E-state index contributed by atoms with van der Waals surface area (Å²) in [5.41, 5.74) is 0.